The predicted molar refractivity (Wildman–Crippen MR) is 100 cm³/mol. The van der Waals surface area contributed by atoms with E-state index in [-0.39, 0.29) is 17.8 Å². The minimum absolute atomic E-state index is 0.0129. The van der Waals surface area contributed by atoms with E-state index in [1.807, 2.05) is 12.1 Å². The number of phenolic OH excluding ortho intramolecular Hbond substituents is 1. The number of carbonyl (C=O) groups excluding carboxylic acids is 1. The van der Waals surface area contributed by atoms with Crippen LogP contribution in [0.25, 0.3) is 0 Å². The number of anilines is 1. The summed E-state index contributed by atoms with van der Waals surface area (Å²) in [5, 5.41) is 17.2. The van der Waals surface area contributed by atoms with E-state index in [0.717, 1.165) is 39.0 Å². The molecule has 0 saturated heterocycles. The lowest BCUT2D eigenvalue weighted by atomic mass is 9.88. The van der Waals surface area contributed by atoms with Crippen molar-refractivity contribution in [1.82, 2.24) is 5.32 Å². The van der Waals surface area contributed by atoms with Gasteiger partial charge in [-0.25, -0.2) is 0 Å². The summed E-state index contributed by atoms with van der Waals surface area (Å²) in [4.78, 5) is 14.0. The molecule has 1 aliphatic heterocycles. The standard InChI is InChI=1S/C17H17IN2O2S/c1-8-2-4-10-13(6-8)23-17-14(10)16(22)19-15(20-17)9-3-5-12(21)11(18)7-9/h3,5,7-8,15,20-21H,2,4,6H2,1H3,(H,19,22)/t8-,15-/m0/s1. The van der Waals surface area contributed by atoms with Crippen LogP contribution < -0.4 is 10.6 Å². The Morgan fingerprint density at radius 2 is 2.17 bits per heavy atom. The first-order valence-corrected chi connectivity index (χ1v) is 9.63. The fourth-order valence-corrected chi connectivity index (χ4v) is 5.31. The molecule has 0 spiro atoms. The number of halogens is 1. The van der Waals surface area contributed by atoms with Gasteiger partial charge in [0.15, 0.2) is 0 Å². The van der Waals surface area contributed by atoms with E-state index in [1.54, 1.807) is 17.4 Å². The fraction of sp³-hybridized carbons (Fsp3) is 0.353. The van der Waals surface area contributed by atoms with Gasteiger partial charge >= 0.3 is 0 Å². The Morgan fingerprint density at radius 1 is 1.35 bits per heavy atom. The minimum atomic E-state index is -0.248. The molecule has 0 radical (unpaired) electrons. The molecule has 2 atom stereocenters. The van der Waals surface area contributed by atoms with Gasteiger partial charge in [-0.15, -0.1) is 11.3 Å². The van der Waals surface area contributed by atoms with Crippen molar-refractivity contribution in [2.24, 2.45) is 5.92 Å². The summed E-state index contributed by atoms with van der Waals surface area (Å²) in [6.45, 7) is 2.27. The topological polar surface area (TPSA) is 61.4 Å². The van der Waals surface area contributed by atoms with Gasteiger partial charge in [-0.1, -0.05) is 13.0 Å². The first kappa shape index (κ1) is 15.3. The van der Waals surface area contributed by atoms with Crippen molar-refractivity contribution in [2.75, 3.05) is 5.32 Å². The lowest BCUT2D eigenvalue weighted by molar-refractivity contribution is 0.0935. The monoisotopic (exact) mass is 440 g/mol. The third-order valence-corrected chi connectivity index (χ3v) is 6.64. The number of fused-ring (bicyclic) bond motifs is 3. The molecule has 0 unspecified atom stereocenters. The van der Waals surface area contributed by atoms with Crippen molar-refractivity contribution in [1.29, 1.82) is 0 Å². The number of carbonyl (C=O) groups is 1. The van der Waals surface area contributed by atoms with Crippen LogP contribution in [0.3, 0.4) is 0 Å². The Labute approximate surface area is 152 Å². The number of nitrogens with one attached hydrogen (secondary N) is 2. The fourth-order valence-electron chi connectivity index (χ4n) is 3.33. The van der Waals surface area contributed by atoms with E-state index in [0.29, 0.717) is 5.92 Å². The minimum Gasteiger partial charge on any atom is -0.507 e. The second-order valence-corrected chi connectivity index (χ2v) is 8.58. The van der Waals surface area contributed by atoms with E-state index >= 15 is 0 Å². The number of hydrogen-bond acceptors (Lipinski definition) is 4. The Kier molecular flexibility index (Phi) is 3.76. The molecule has 4 rings (SSSR count). The molecule has 23 heavy (non-hydrogen) atoms. The zero-order valence-electron chi connectivity index (χ0n) is 12.6. The van der Waals surface area contributed by atoms with E-state index in [1.165, 1.54) is 10.4 Å². The van der Waals surface area contributed by atoms with E-state index in [4.69, 9.17) is 0 Å². The van der Waals surface area contributed by atoms with Crippen LogP contribution in [0.5, 0.6) is 5.75 Å². The molecule has 1 aliphatic carbocycles. The van der Waals surface area contributed by atoms with Crippen molar-refractivity contribution < 1.29 is 9.90 Å². The average molecular weight is 440 g/mol. The molecule has 120 valence electrons. The maximum absolute atomic E-state index is 12.6. The first-order valence-electron chi connectivity index (χ1n) is 7.73. The number of aromatic hydroxyl groups is 1. The summed E-state index contributed by atoms with van der Waals surface area (Å²) >= 11 is 3.82. The third kappa shape index (κ3) is 2.61. The van der Waals surface area contributed by atoms with Gasteiger partial charge in [-0.2, -0.15) is 0 Å². The second kappa shape index (κ2) is 5.66. The predicted octanol–water partition coefficient (Wildman–Crippen LogP) is 4.04. The lowest BCUT2D eigenvalue weighted by Gasteiger charge is -2.27. The number of rotatable bonds is 1. The SMILES string of the molecule is C[C@H]1CCc2c(sc3c2C(=O)N[C@H](c2ccc(O)c(I)c2)N3)C1. The third-order valence-electron chi connectivity index (χ3n) is 4.59. The molecule has 2 aliphatic rings. The Balaban J connectivity index is 1.70. The van der Waals surface area contributed by atoms with Crippen LogP contribution in [0.2, 0.25) is 0 Å². The van der Waals surface area contributed by atoms with E-state index < -0.39 is 0 Å². The van der Waals surface area contributed by atoms with Gasteiger partial charge in [-0.3, -0.25) is 4.79 Å². The van der Waals surface area contributed by atoms with Gasteiger partial charge in [0.2, 0.25) is 0 Å². The number of benzene rings is 1. The van der Waals surface area contributed by atoms with Crippen LogP contribution in [0, 0.1) is 9.49 Å². The van der Waals surface area contributed by atoms with Gasteiger partial charge < -0.3 is 15.7 Å². The van der Waals surface area contributed by atoms with E-state index in [9.17, 15) is 9.90 Å². The van der Waals surface area contributed by atoms with Crippen molar-refractivity contribution in [3.05, 3.63) is 43.3 Å². The normalized spacial score (nSPS) is 22.8. The van der Waals surface area contributed by atoms with Crippen LogP contribution in [-0.4, -0.2) is 11.0 Å². The maximum atomic E-state index is 12.6. The van der Waals surface area contributed by atoms with Crippen molar-refractivity contribution >= 4 is 44.8 Å². The van der Waals surface area contributed by atoms with Crippen molar-refractivity contribution in [3.8, 4) is 5.75 Å². The molecule has 4 nitrogen and oxygen atoms in total. The molecule has 1 aromatic carbocycles. The molecular formula is C17H17IN2O2S. The number of thiophene rings is 1. The Bertz CT molecular complexity index is 802. The smallest absolute Gasteiger partial charge is 0.256 e. The molecule has 0 fully saturated rings. The lowest BCUT2D eigenvalue weighted by Crippen LogP contribution is -2.38. The van der Waals surface area contributed by atoms with Crippen molar-refractivity contribution in [3.63, 3.8) is 0 Å². The number of hydrogen-bond donors (Lipinski definition) is 3. The second-order valence-electron chi connectivity index (χ2n) is 6.32. The van der Waals surface area contributed by atoms with Gasteiger partial charge in [0.1, 0.15) is 16.9 Å². The summed E-state index contributed by atoms with van der Waals surface area (Å²) in [7, 11) is 0. The van der Waals surface area contributed by atoms with Gasteiger partial charge in [0.05, 0.1) is 9.13 Å². The highest BCUT2D eigenvalue weighted by atomic mass is 127. The molecule has 2 heterocycles. The van der Waals surface area contributed by atoms with Crippen LogP contribution in [-0.2, 0) is 12.8 Å². The van der Waals surface area contributed by atoms with E-state index in [2.05, 4.69) is 40.1 Å². The summed E-state index contributed by atoms with van der Waals surface area (Å²) in [6, 6.07) is 5.41. The maximum Gasteiger partial charge on any atom is 0.256 e. The summed E-state index contributed by atoms with van der Waals surface area (Å²) in [5.41, 5.74) is 3.04. The quantitative estimate of drug-likeness (QED) is 0.587. The summed E-state index contributed by atoms with van der Waals surface area (Å²) in [6.07, 6.45) is 2.98. The van der Waals surface area contributed by atoms with Crippen LogP contribution in [0.15, 0.2) is 18.2 Å². The highest BCUT2D eigenvalue weighted by Gasteiger charge is 2.33. The Morgan fingerprint density at radius 3 is 2.96 bits per heavy atom. The average Bonchev–Trinajstić information content (AvgIpc) is 2.87. The Hall–Kier alpha value is -1.28. The summed E-state index contributed by atoms with van der Waals surface area (Å²) < 4.78 is 0.779. The zero-order chi connectivity index (χ0) is 16.1. The number of amides is 1. The largest absolute Gasteiger partial charge is 0.507 e. The summed E-state index contributed by atoms with van der Waals surface area (Å²) in [5.74, 6) is 0.969. The molecule has 3 N–H and O–H groups in total. The molecule has 1 amide bonds. The first-order chi connectivity index (χ1) is 11.0. The molecule has 2 aromatic rings. The van der Waals surface area contributed by atoms with Gasteiger partial charge in [0.25, 0.3) is 5.91 Å². The molecular weight excluding hydrogens is 423 g/mol. The molecule has 0 saturated carbocycles. The number of phenols is 1. The van der Waals surface area contributed by atoms with Gasteiger partial charge in [0, 0.05) is 4.88 Å². The van der Waals surface area contributed by atoms with Crippen LogP contribution in [0.1, 0.15) is 45.9 Å². The van der Waals surface area contributed by atoms with Gasteiger partial charge in [-0.05, 0) is 71.0 Å². The zero-order valence-corrected chi connectivity index (χ0v) is 15.6. The molecule has 6 heteroatoms. The highest BCUT2D eigenvalue weighted by molar-refractivity contribution is 14.1. The van der Waals surface area contributed by atoms with Crippen LogP contribution >= 0.6 is 33.9 Å². The van der Waals surface area contributed by atoms with Crippen LogP contribution in [0.4, 0.5) is 5.00 Å². The molecule has 1 aromatic heterocycles. The highest BCUT2D eigenvalue weighted by Crippen LogP contribution is 2.42. The van der Waals surface area contributed by atoms with Crippen molar-refractivity contribution in [2.45, 2.75) is 32.4 Å². The molecule has 0 bridgehead atoms.